The Bertz CT molecular complexity index is 151. The Hall–Kier alpha value is -0.850. The van der Waals surface area contributed by atoms with Crippen LogP contribution in [0.4, 0.5) is 17.6 Å². The summed E-state index contributed by atoms with van der Waals surface area (Å²) in [5, 5.41) is 7.56. The summed E-state index contributed by atoms with van der Waals surface area (Å²) in [7, 11) is 0. The molecule has 0 bridgehead atoms. The van der Waals surface area contributed by atoms with Crippen molar-refractivity contribution >= 4 is 5.97 Å². The molecule has 0 aliphatic rings. The van der Waals surface area contributed by atoms with Crippen molar-refractivity contribution in [3.05, 3.63) is 0 Å². The number of hydrogen-bond acceptors (Lipinski definition) is 2. The summed E-state index contributed by atoms with van der Waals surface area (Å²) in [5.41, 5.74) is 3.75. The molecule has 0 spiro atoms. The minimum absolute atomic E-state index is 2.75. The molecule has 0 saturated heterocycles. The molecule has 0 fully saturated rings. The minimum Gasteiger partial charge on any atom is -0.478 e. The highest BCUT2D eigenvalue weighted by Crippen LogP contribution is 2.29. The standard InChI is InChI=1S/C3H3F4NO2/c4-2(8,1(9)10)3(5,6)7/h8H2,(H,9,10)/t2-/m1/s1. The number of rotatable bonds is 1. The molecule has 0 saturated carbocycles. The summed E-state index contributed by atoms with van der Waals surface area (Å²) in [5.74, 6) is -7.40. The summed E-state index contributed by atoms with van der Waals surface area (Å²) in [6.45, 7) is 0. The second-order valence-electron chi connectivity index (χ2n) is 1.51. The fourth-order valence-corrected chi connectivity index (χ4v) is 0.121. The molecule has 0 heterocycles. The third-order valence-corrected chi connectivity index (χ3v) is 0.724. The van der Waals surface area contributed by atoms with E-state index in [1.165, 1.54) is 0 Å². The molecule has 10 heavy (non-hydrogen) atoms. The Morgan fingerprint density at radius 1 is 1.30 bits per heavy atom. The minimum atomic E-state index is -5.57. The first-order chi connectivity index (χ1) is 4.19. The molecule has 0 aromatic heterocycles. The predicted octanol–water partition coefficient (Wildman–Crippen LogP) is 0.258. The van der Waals surface area contributed by atoms with Gasteiger partial charge >= 0.3 is 17.9 Å². The maximum atomic E-state index is 11.8. The lowest BCUT2D eigenvalue weighted by molar-refractivity contribution is -0.234. The van der Waals surface area contributed by atoms with Crippen LogP contribution in [0.15, 0.2) is 0 Å². The van der Waals surface area contributed by atoms with Crippen molar-refractivity contribution < 1.29 is 27.5 Å². The van der Waals surface area contributed by atoms with Gasteiger partial charge < -0.3 is 5.11 Å². The second-order valence-corrected chi connectivity index (χ2v) is 1.51. The number of aliphatic carboxylic acids is 1. The molecule has 0 unspecified atom stereocenters. The van der Waals surface area contributed by atoms with Crippen molar-refractivity contribution in [2.24, 2.45) is 5.73 Å². The van der Waals surface area contributed by atoms with E-state index in [4.69, 9.17) is 5.11 Å². The Morgan fingerprint density at radius 2 is 1.60 bits per heavy atom. The van der Waals surface area contributed by atoms with Gasteiger partial charge in [-0.3, -0.25) is 5.73 Å². The van der Waals surface area contributed by atoms with Gasteiger partial charge in [0.1, 0.15) is 0 Å². The summed E-state index contributed by atoms with van der Waals surface area (Å²) >= 11 is 0. The van der Waals surface area contributed by atoms with Gasteiger partial charge in [-0.1, -0.05) is 0 Å². The van der Waals surface area contributed by atoms with E-state index in [2.05, 4.69) is 5.73 Å². The molecule has 7 heteroatoms. The highest BCUT2D eigenvalue weighted by molar-refractivity contribution is 5.77. The van der Waals surface area contributed by atoms with E-state index in [-0.39, 0.29) is 0 Å². The molecular formula is C3H3F4NO2. The average molecular weight is 161 g/mol. The fraction of sp³-hybridized carbons (Fsp3) is 0.667. The monoisotopic (exact) mass is 161 g/mol. The van der Waals surface area contributed by atoms with Crippen molar-refractivity contribution in [3.8, 4) is 0 Å². The van der Waals surface area contributed by atoms with Crippen LogP contribution in [0.2, 0.25) is 0 Å². The SMILES string of the molecule is N[C@](F)(C(=O)O)C(F)(F)F. The van der Waals surface area contributed by atoms with Crippen LogP contribution < -0.4 is 5.73 Å². The zero-order valence-electron chi connectivity index (χ0n) is 4.44. The molecule has 0 aliphatic heterocycles. The van der Waals surface area contributed by atoms with Gasteiger partial charge in [-0.2, -0.15) is 13.2 Å². The van der Waals surface area contributed by atoms with E-state index >= 15 is 0 Å². The van der Waals surface area contributed by atoms with E-state index in [0.717, 1.165) is 0 Å². The quantitative estimate of drug-likeness (QED) is 0.428. The average Bonchev–Trinajstić information content (AvgIpc) is 1.62. The lowest BCUT2D eigenvalue weighted by atomic mass is 10.3. The number of halogens is 4. The van der Waals surface area contributed by atoms with E-state index in [1.54, 1.807) is 0 Å². The van der Waals surface area contributed by atoms with Crippen molar-refractivity contribution in [1.82, 2.24) is 0 Å². The zero-order chi connectivity index (χ0) is 8.58. The molecule has 0 radical (unpaired) electrons. The molecule has 3 N–H and O–H groups in total. The molecule has 60 valence electrons. The van der Waals surface area contributed by atoms with Gasteiger partial charge in [0.25, 0.3) is 0 Å². The van der Waals surface area contributed by atoms with Crippen molar-refractivity contribution in [2.45, 2.75) is 12.0 Å². The van der Waals surface area contributed by atoms with Gasteiger partial charge in [0.15, 0.2) is 0 Å². The number of carboxylic acid groups (broad SMARTS) is 1. The number of carbonyl (C=O) groups is 1. The largest absolute Gasteiger partial charge is 0.478 e. The molecular weight excluding hydrogens is 158 g/mol. The highest BCUT2D eigenvalue weighted by Gasteiger charge is 2.59. The zero-order valence-corrected chi connectivity index (χ0v) is 4.44. The Morgan fingerprint density at radius 3 is 1.60 bits per heavy atom. The number of hydrogen-bond donors (Lipinski definition) is 2. The normalized spacial score (nSPS) is 18.1. The van der Waals surface area contributed by atoms with Crippen LogP contribution in [-0.2, 0) is 4.79 Å². The first-order valence-corrected chi connectivity index (χ1v) is 1.97. The van der Waals surface area contributed by atoms with Gasteiger partial charge in [-0.05, 0) is 0 Å². The Balaban J connectivity index is 4.57. The topological polar surface area (TPSA) is 63.3 Å². The van der Waals surface area contributed by atoms with Gasteiger partial charge in [-0.15, -0.1) is 0 Å². The van der Waals surface area contributed by atoms with Crippen LogP contribution in [0.1, 0.15) is 0 Å². The maximum Gasteiger partial charge on any atom is 0.447 e. The van der Waals surface area contributed by atoms with Gasteiger partial charge in [-0.25, -0.2) is 9.18 Å². The van der Waals surface area contributed by atoms with E-state index in [9.17, 15) is 22.4 Å². The van der Waals surface area contributed by atoms with Crippen LogP contribution in [0.5, 0.6) is 0 Å². The molecule has 0 aliphatic carbocycles. The third-order valence-electron chi connectivity index (χ3n) is 0.724. The van der Waals surface area contributed by atoms with Crippen LogP contribution in [0.25, 0.3) is 0 Å². The molecule has 1 atom stereocenters. The number of alkyl halides is 4. The fourth-order valence-electron chi connectivity index (χ4n) is 0.121. The molecule has 0 rings (SSSR count). The summed E-state index contributed by atoms with van der Waals surface area (Å²) in [6.07, 6.45) is -5.57. The second kappa shape index (κ2) is 2.08. The number of carboxylic acids is 1. The third kappa shape index (κ3) is 1.35. The van der Waals surface area contributed by atoms with Crippen molar-refractivity contribution in [2.75, 3.05) is 0 Å². The summed E-state index contributed by atoms with van der Waals surface area (Å²) in [6, 6.07) is 0. The van der Waals surface area contributed by atoms with E-state index in [0.29, 0.717) is 0 Å². The molecule has 0 aromatic rings. The van der Waals surface area contributed by atoms with Crippen molar-refractivity contribution in [1.29, 1.82) is 0 Å². The Labute approximate surface area is 52.4 Å². The van der Waals surface area contributed by atoms with Crippen LogP contribution >= 0.6 is 0 Å². The van der Waals surface area contributed by atoms with Gasteiger partial charge in [0.05, 0.1) is 0 Å². The summed E-state index contributed by atoms with van der Waals surface area (Å²) in [4.78, 5) is 9.45. The first-order valence-electron chi connectivity index (χ1n) is 1.97. The summed E-state index contributed by atoms with van der Waals surface area (Å²) < 4.78 is 45.4. The predicted molar refractivity (Wildman–Crippen MR) is 21.7 cm³/mol. The van der Waals surface area contributed by atoms with Gasteiger partial charge in [0, 0.05) is 0 Å². The Kier molecular flexibility index (Phi) is 1.90. The van der Waals surface area contributed by atoms with Crippen LogP contribution in [-0.4, -0.2) is 23.0 Å². The molecule has 3 nitrogen and oxygen atoms in total. The number of nitrogens with two attached hydrogens (primary N) is 1. The smallest absolute Gasteiger partial charge is 0.447 e. The van der Waals surface area contributed by atoms with E-state index in [1.807, 2.05) is 0 Å². The lowest BCUT2D eigenvalue weighted by Gasteiger charge is -2.17. The van der Waals surface area contributed by atoms with Crippen LogP contribution in [0.3, 0.4) is 0 Å². The highest BCUT2D eigenvalue weighted by atomic mass is 19.4. The molecule has 0 amide bonds. The molecule has 0 aromatic carbocycles. The van der Waals surface area contributed by atoms with Gasteiger partial charge in [0.2, 0.25) is 0 Å². The van der Waals surface area contributed by atoms with Crippen LogP contribution in [0, 0.1) is 0 Å². The maximum absolute atomic E-state index is 11.8. The van der Waals surface area contributed by atoms with Crippen molar-refractivity contribution in [3.63, 3.8) is 0 Å². The van der Waals surface area contributed by atoms with E-state index < -0.39 is 17.9 Å². The lowest BCUT2D eigenvalue weighted by Crippen LogP contribution is -2.55. The first kappa shape index (κ1) is 9.15.